The van der Waals surface area contributed by atoms with Gasteiger partial charge in [0.2, 0.25) is 0 Å². The van der Waals surface area contributed by atoms with Gasteiger partial charge in [-0.2, -0.15) is 0 Å². The summed E-state index contributed by atoms with van der Waals surface area (Å²) in [5, 5.41) is 0. The fraction of sp³-hybridized carbons (Fsp3) is 0.400. The van der Waals surface area contributed by atoms with Crippen molar-refractivity contribution in [3.63, 3.8) is 0 Å². The highest BCUT2D eigenvalue weighted by molar-refractivity contribution is 5.51. The number of benzene rings is 1. The van der Waals surface area contributed by atoms with Crippen molar-refractivity contribution in [3.8, 4) is 5.75 Å². The Hall–Kier alpha value is -1.18. The first kappa shape index (κ1) is 8.91. The smallest absolute Gasteiger partial charge is 0.142 e. The predicted octanol–water partition coefficient (Wildman–Crippen LogP) is 2.45. The first-order valence-corrected chi connectivity index (χ1v) is 4.25. The van der Waals surface area contributed by atoms with E-state index in [0.29, 0.717) is 5.69 Å². The lowest BCUT2D eigenvalue weighted by Crippen LogP contribution is -2.10. The van der Waals surface area contributed by atoms with Crippen LogP contribution < -0.4 is 10.5 Å². The van der Waals surface area contributed by atoms with Crippen molar-refractivity contribution < 1.29 is 4.74 Å². The molecular weight excluding hydrogens is 150 g/mol. The Morgan fingerprint density at radius 3 is 2.67 bits per heavy atom. The number of hydrogen-bond acceptors (Lipinski definition) is 2. The van der Waals surface area contributed by atoms with Crippen LogP contribution in [0.15, 0.2) is 24.3 Å². The van der Waals surface area contributed by atoms with Gasteiger partial charge >= 0.3 is 0 Å². The van der Waals surface area contributed by atoms with Crippen LogP contribution in [0.25, 0.3) is 0 Å². The molecule has 0 spiro atoms. The molecule has 0 heterocycles. The highest BCUT2D eigenvalue weighted by atomic mass is 16.5. The minimum Gasteiger partial charge on any atom is -0.489 e. The second-order valence-corrected chi connectivity index (χ2v) is 2.87. The van der Waals surface area contributed by atoms with Crippen LogP contribution in [0.1, 0.15) is 20.3 Å². The van der Waals surface area contributed by atoms with Crippen LogP contribution in [0, 0.1) is 0 Å². The van der Waals surface area contributed by atoms with Crippen molar-refractivity contribution in [2.45, 2.75) is 26.4 Å². The van der Waals surface area contributed by atoms with Crippen molar-refractivity contribution in [2.24, 2.45) is 0 Å². The number of ether oxygens (including phenoxy) is 1. The molecule has 12 heavy (non-hydrogen) atoms. The fourth-order valence-electron chi connectivity index (χ4n) is 0.888. The average molecular weight is 165 g/mol. The standard InChI is InChI=1S/C10H15NO/c1-3-8(2)12-10-7-5-4-6-9(10)11/h4-8H,3,11H2,1-2H3/t8-/m1/s1. The number of para-hydroxylation sites is 2. The summed E-state index contributed by atoms with van der Waals surface area (Å²) in [6, 6.07) is 7.56. The van der Waals surface area contributed by atoms with E-state index in [2.05, 4.69) is 6.92 Å². The van der Waals surface area contributed by atoms with Crippen molar-refractivity contribution in [2.75, 3.05) is 5.73 Å². The maximum atomic E-state index is 5.70. The first-order valence-electron chi connectivity index (χ1n) is 4.25. The van der Waals surface area contributed by atoms with Crippen LogP contribution in [0.3, 0.4) is 0 Å². The number of nitrogen functional groups attached to an aromatic ring is 1. The molecular formula is C10H15NO. The minimum atomic E-state index is 0.231. The molecule has 66 valence electrons. The SMILES string of the molecule is CC[C@@H](C)Oc1ccccc1N. The van der Waals surface area contributed by atoms with E-state index in [0.717, 1.165) is 12.2 Å². The summed E-state index contributed by atoms with van der Waals surface area (Å²) in [6.45, 7) is 4.12. The molecule has 0 unspecified atom stereocenters. The van der Waals surface area contributed by atoms with Crippen molar-refractivity contribution in [1.29, 1.82) is 0 Å². The Labute approximate surface area is 73.3 Å². The molecule has 0 aliphatic rings. The van der Waals surface area contributed by atoms with E-state index in [1.807, 2.05) is 31.2 Å². The zero-order valence-corrected chi connectivity index (χ0v) is 7.58. The summed E-state index contributed by atoms with van der Waals surface area (Å²) in [6.07, 6.45) is 1.23. The quantitative estimate of drug-likeness (QED) is 0.698. The monoisotopic (exact) mass is 165 g/mol. The molecule has 0 saturated carbocycles. The molecule has 1 atom stereocenters. The van der Waals surface area contributed by atoms with E-state index >= 15 is 0 Å². The van der Waals surface area contributed by atoms with Crippen LogP contribution in [-0.4, -0.2) is 6.10 Å². The van der Waals surface area contributed by atoms with E-state index in [1.165, 1.54) is 0 Å². The van der Waals surface area contributed by atoms with Crippen LogP contribution >= 0.6 is 0 Å². The largest absolute Gasteiger partial charge is 0.489 e. The zero-order valence-electron chi connectivity index (χ0n) is 7.58. The first-order chi connectivity index (χ1) is 5.74. The van der Waals surface area contributed by atoms with E-state index in [1.54, 1.807) is 0 Å². The Balaban J connectivity index is 2.69. The Bertz CT molecular complexity index is 247. The van der Waals surface area contributed by atoms with E-state index in [9.17, 15) is 0 Å². The van der Waals surface area contributed by atoms with Crippen molar-refractivity contribution >= 4 is 5.69 Å². The van der Waals surface area contributed by atoms with Gasteiger partial charge < -0.3 is 10.5 Å². The van der Waals surface area contributed by atoms with Crippen LogP contribution in [0.2, 0.25) is 0 Å². The molecule has 0 amide bonds. The third-order valence-electron chi connectivity index (χ3n) is 1.82. The number of nitrogens with two attached hydrogens (primary N) is 1. The molecule has 1 rings (SSSR count). The second kappa shape index (κ2) is 4.00. The molecule has 0 fully saturated rings. The number of anilines is 1. The summed E-state index contributed by atoms with van der Waals surface area (Å²) < 4.78 is 5.57. The molecule has 1 aromatic carbocycles. The average Bonchev–Trinajstić information content (AvgIpc) is 2.09. The third-order valence-corrected chi connectivity index (χ3v) is 1.82. The lowest BCUT2D eigenvalue weighted by atomic mass is 10.3. The maximum absolute atomic E-state index is 5.70. The van der Waals surface area contributed by atoms with Gasteiger partial charge in [0.05, 0.1) is 11.8 Å². The zero-order chi connectivity index (χ0) is 8.97. The predicted molar refractivity (Wildman–Crippen MR) is 51.2 cm³/mol. The summed E-state index contributed by atoms with van der Waals surface area (Å²) >= 11 is 0. The molecule has 2 N–H and O–H groups in total. The van der Waals surface area contributed by atoms with Crippen LogP contribution in [-0.2, 0) is 0 Å². The van der Waals surface area contributed by atoms with E-state index in [-0.39, 0.29) is 6.10 Å². The third kappa shape index (κ3) is 2.16. The summed E-state index contributed by atoms with van der Waals surface area (Å²) in [5.41, 5.74) is 6.40. The normalized spacial score (nSPS) is 12.5. The molecule has 1 aromatic rings. The van der Waals surface area contributed by atoms with Gasteiger partial charge in [0.25, 0.3) is 0 Å². The minimum absolute atomic E-state index is 0.231. The molecule has 0 aliphatic carbocycles. The molecule has 0 radical (unpaired) electrons. The van der Waals surface area contributed by atoms with Crippen molar-refractivity contribution in [3.05, 3.63) is 24.3 Å². The highest BCUT2D eigenvalue weighted by Crippen LogP contribution is 2.21. The second-order valence-electron chi connectivity index (χ2n) is 2.87. The van der Waals surface area contributed by atoms with Gasteiger partial charge in [-0.25, -0.2) is 0 Å². The lowest BCUT2D eigenvalue weighted by molar-refractivity contribution is 0.219. The Morgan fingerprint density at radius 1 is 1.42 bits per heavy atom. The van der Waals surface area contributed by atoms with Gasteiger partial charge in [-0.3, -0.25) is 0 Å². The number of hydrogen-bond donors (Lipinski definition) is 1. The molecule has 0 aromatic heterocycles. The fourth-order valence-corrected chi connectivity index (χ4v) is 0.888. The van der Waals surface area contributed by atoms with E-state index < -0.39 is 0 Å². The topological polar surface area (TPSA) is 35.2 Å². The van der Waals surface area contributed by atoms with Gasteiger partial charge in [0.15, 0.2) is 0 Å². The molecule has 0 saturated heterocycles. The van der Waals surface area contributed by atoms with Gasteiger partial charge in [-0.15, -0.1) is 0 Å². The summed E-state index contributed by atoms with van der Waals surface area (Å²) in [4.78, 5) is 0. The van der Waals surface area contributed by atoms with E-state index in [4.69, 9.17) is 10.5 Å². The molecule has 2 nitrogen and oxygen atoms in total. The van der Waals surface area contributed by atoms with Gasteiger partial charge in [0, 0.05) is 0 Å². The maximum Gasteiger partial charge on any atom is 0.142 e. The van der Waals surface area contributed by atoms with Gasteiger partial charge in [0.1, 0.15) is 5.75 Å². The van der Waals surface area contributed by atoms with Crippen molar-refractivity contribution in [1.82, 2.24) is 0 Å². The number of rotatable bonds is 3. The summed E-state index contributed by atoms with van der Waals surface area (Å²) in [5.74, 6) is 0.784. The van der Waals surface area contributed by atoms with Gasteiger partial charge in [-0.05, 0) is 25.5 Å². The van der Waals surface area contributed by atoms with Crippen LogP contribution in [0.4, 0.5) is 5.69 Å². The highest BCUT2D eigenvalue weighted by Gasteiger charge is 2.02. The Morgan fingerprint density at radius 2 is 2.08 bits per heavy atom. The molecule has 2 heteroatoms. The summed E-state index contributed by atoms with van der Waals surface area (Å²) in [7, 11) is 0. The van der Waals surface area contributed by atoms with Gasteiger partial charge in [-0.1, -0.05) is 19.1 Å². The Kier molecular flexibility index (Phi) is 2.97. The lowest BCUT2D eigenvalue weighted by Gasteiger charge is -2.13. The molecule has 0 aliphatic heterocycles. The molecule has 0 bridgehead atoms. The van der Waals surface area contributed by atoms with Crippen LogP contribution in [0.5, 0.6) is 5.75 Å².